The summed E-state index contributed by atoms with van der Waals surface area (Å²) in [6, 6.07) is 3.95. The van der Waals surface area contributed by atoms with E-state index in [-0.39, 0.29) is 11.1 Å². The van der Waals surface area contributed by atoms with Crippen molar-refractivity contribution in [1.29, 1.82) is 5.26 Å². The predicted molar refractivity (Wildman–Crippen MR) is 85.6 cm³/mol. The minimum atomic E-state index is -0.317. The van der Waals surface area contributed by atoms with Gasteiger partial charge in [0, 0.05) is 11.3 Å². The number of benzene rings is 1. The van der Waals surface area contributed by atoms with E-state index in [4.69, 9.17) is 0 Å². The number of nitrogens with one attached hydrogen (secondary N) is 1. The summed E-state index contributed by atoms with van der Waals surface area (Å²) < 4.78 is 0. The van der Waals surface area contributed by atoms with Crippen molar-refractivity contribution in [1.82, 2.24) is 4.98 Å². The van der Waals surface area contributed by atoms with Crippen molar-refractivity contribution in [2.45, 2.75) is 41.5 Å². The Labute approximate surface area is 125 Å². The van der Waals surface area contributed by atoms with Gasteiger partial charge in [0.1, 0.15) is 11.6 Å². The SMILES string of the molecule is Cc1cc(-c2c(C)c(C)c(C)c(C)c2C)c(C#N)c(=O)[nH]1. The van der Waals surface area contributed by atoms with Crippen LogP contribution < -0.4 is 5.56 Å². The van der Waals surface area contributed by atoms with Crippen LogP contribution in [0, 0.1) is 52.9 Å². The number of hydrogen-bond donors (Lipinski definition) is 1. The number of aryl methyl sites for hydroxylation is 1. The Morgan fingerprint density at radius 2 is 1.38 bits per heavy atom. The van der Waals surface area contributed by atoms with E-state index in [1.165, 1.54) is 16.7 Å². The number of nitriles is 1. The Balaban J connectivity index is 3.00. The van der Waals surface area contributed by atoms with Crippen LogP contribution in [0.1, 0.15) is 39.1 Å². The molecule has 0 aliphatic heterocycles. The summed E-state index contributed by atoms with van der Waals surface area (Å²) in [4.78, 5) is 14.7. The molecule has 3 heteroatoms. The smallest absolute Gasteiger partial charge is 0.266 e. The zero-order chi connectivity index (χ0) is 15.9. The minimum Gasteiger partial charge on any atom is -0.325 e. The fourth-order valence-electron chi connectivity index (χ4n) is 2.90. The lowest BCUT2D eigenvalue weighted by atomic mass is 9.85. The van der Waals surface area contributed by atoms with Gasteiger partial charge in [0.25, 0.3) is 5.56 Å². The number of pyridine rings is 1. The van der Waals surface area contributed by atoms with Gasteiger partial charge in [-0.05, 0) is 81.0 Å². The number of H-pyrrole nitrogens is 1. The third kappa shape index (κ3) is 2.27. The highest BCUT2D eigenvalue weighted by molar-refractivity contribution is 5.78. The molecule has 0 aliphatic rings. The fraction of sp³-hybridized carbons (Fsp3) is 0.333. The van der Waals surface area contributed by atoms with Gasteiger partial charge >= 0.3 is 0 Å². The van der Waals surface area contributed by atoms with Crippen molar-refractivity contribution in [3.63, 3.8) is 0 Å². The van der Waals surface area contributed by atoms with Gasteiger partial charge in [-0.1, -0.05) is 0 Å². The van der Waals surface area contributed by atoms with Crippen LogP contribution in [0.25, 0.3) is 11.1 Å². The van der Waals surface area contributed by atoms with Gasteiger partial charge in [-0.3, -0.25) is 4.79 Å². The molecular formula is C18H20N2O. The van der Waals surface area contributed by atoms with Crippen LogP contribution in [0.5, 0.6) is 0 Å². The first-order valence-electron chi connectivity index (χ1n) is 7.01. The first-order chi connectivity index (χ1) is 9.79. The first-order valence-corrected chi connectivity index (χ1v) is 7.01. The molecule has 0 bridgehead atoms. The van der Waals surface area contributed by atoms with Gasteiger partial charge in [-0.15, -0.1) is 0 Å². The number of rotatable bonds is 1. The van der Waals surface area contributed by atoms with E-state index in [0.717, 1.165) is 27.9 Å². The van der Waals surface area contributed by atoms with E-state index in [1.54, 1.807) is 0 Å². The summed E-state index contributed by atoms with van der Waals surface area (Å²) in [5, 5.41) is 9.36. The highest BCUT2D eigenvalue weighted by atomic mass is 16.1. The molecule has 0 fully saturated rings. The number of aromatic amines is 1. The van der Waals surface area contributed by atoms with Gasteiger partial charge in [-0.25, -0.2) is 0 Å². The molecule has 1 N–H and O–H groups in total. The van der Waals surface area contributed by atoms with Gasteiger partial charge < -0.3 is 4.98 Å². The molecule has 21 heavy (non-hydrogen) atoms. The van der Waals surface area contributed by atoms with E-state index in [2.05, 4.69) is 45.7 Å². The quantitative estimate of drug-likeness (QED) is 0.864. The molecule has 1 aromatic heterocycles. The number of nitrogens with zero attached hydrogens (tertiary/aromatic N) is 1. The van der Waals surface area contributed by atoms with Crippen molar-refractivity contribution in [2.24, 2.45) is 0 Å². The van der Waals surface area contributed by atoms with Crippen LogP contribution in [0.2, 0.25) is 0 Å². The van der Waals surface area contributed by atoms with Crippen molar-refractivity contribution in [2.75, 3.05) is 0 Å². The second kappa shape index (κ2) is 5.21. The monoisotopic (exact) mass is 280 g/mol. The van der Waals surface area contributed by atoms with Crippen LogP contribution >= 0.6 is 0 Å². The van der Waals surface area contributed by atoms with Crippen molar-refractivity contribution < 1.29 is 0 Å². The lowest BCUT2D eigenvalue weighted by Gasteiger charge is -2.19. The lowest BCUT2D eigenvalue weighted by Crippen LogP contribution is -2.14. The van der Waals surface area contributed by atoms with E-state index in [0.29, 0.717) is 0 Å². The average Bonchev–Trinajstić information content (AvgIpc) is 2.43. The molecular weight excluding hydrogens is 260 g/mol. The summed E-state index contributed by atoms with van der Waals surface area (Å²) in [7, 11) is 0. The maximum absolute atomic E-state index is 12.0. The minimum absolute atomic E-state index is 0.189. The highest BCUT2D eigenvalue weighted by Gasteiger charge is 2.18. The third-order valence-corrected chi connectivity index (χ3v) is 4.55. The van der Waals surface area contributed by atoms with E-state index in [1.807, 2.05) is 13.0 Å². The molecule has 0 spiro atoms. The van der Waals surface area contributed by atoms with E-state index < -0.39 is 0 Å². The van der Waals surface area contributed by atoms with Crippen LogP contribution in [0.4, 0.5) is 0 Å². The molecule has 0 atom stereocenters. The Morgan fingerprint density at radius 1 is 0.905 bits per heavy atom. The van der Waals surface area contributed by atoms with Crippen LogP contribution in [0.15, 0.2) is 10.9 Å². The fourth-order valence-corrected chi connectivity index (χ4v) is 2.90. The molecule has 0 saturated carbocycles. The largest absolute Gasteiger partial charge is 0.325 e. The summed E-state index contributed by atoms with van der Waals surface area (Å²) in [6.45, 7) is 12.2. The normalized spacial score (nSPS) is 10.5. The van der Waals surface area contributed by atoms with Gasteiger partial charge in [0.15, 0.2) is 0 Å². The predicted octanol–water partition coefficient (Wildman–Crippen LogP) is 3.76. The Morgan fingerprint density at radius 3 is 1.86 bits per heavy atom. The lowest BCUT2D eigenvalue weighted by molar-refractivity contribution is 1.12. The van der Waals surface area contributed by atoms with Crippen molar-refractivity contribution in [3.8, 4) is 17.2 Å². The Kier molecular flexibility index (Phi) is 3.74. The van der Waals surface area contributed by atoms with Crippen molar-refractivity contribution >= 4 is 0 Å². The second-order valence-corrected chi connectivity index (χ2v) is 5.68. The topological polar surface area (TPSA) is 56.6 Å². The van der Waals surface area contributed by atoms with Crippen molar-refractivity contribution in [3.05, 3.63) is 55.5 Å². The molecule has 2 rings (SSSR count). The van der Waals surface area contributed by atoms with Crippen LogP contribution in [-0.4, -0.2) is 4.98 Å². The third-order valence-electron chi connectivity index (χ3n) is 4.55. The van der Waals surface area contributed by atoms with Gasteiger partial charge in [0.2, 0.25) is 0 Å². The number of hydrogen-bond acceptors (Lipinski definition) is 2. The Hall–Kier alpha value is -2.34. The maximum atomic E-state index is 12.0. The molecule has 1 aromatic carbocycles. The highest BCUT2D eigenvalue weighted by Crippen LogP contribution is 2.35. The van der Waals surface area contributed by atoms with E-state index in [9.17, 15) is 10.1 Å². The molecule has 0 amide bonds. The average molecular weight is 280 g/mol. The molecule has 1 heterocycles. The van der Waals surface area contributed by atoms with Crippen LogP contribution in [-0.2, 0) is 0 Å². The van der Waals surface area contributed by atoms with E-state index >= 15 is 0 Å². The molecule has 3 nitrogen and oxygen atoms in total. The van der Waals surface area contributed by atoms with Gasteiger partial charge in [-0.2, -0.15) is 5.26 Å². The summed E-state index contributed by atoms with van der Waals surface area (Å²) in [5.41, 5.74) is 8.37. The maximum Gasteiger partial charge on any atom is 0.266 e. The van der Waals surface area contributed by atoms with Crippen LogP contribution in [0.3, 0.4) is 0 Å². The molecule has 2 aromatic rings. The summed E-state index contributed by atoms with van der Waals surface area (Å²) in [5.74, 6) is 0. The van der Waals surface area contributed by atoms with Gasteiger partial charge in [0.05, 0.1) is 0 Å². The molecule has 108 valence electrons. The molecule has 0 saturated heterocycles. The molecule has 0 radical (unpaired) electrons. The number of aromatic nitrogens is 1. The molecule has 0 unspecified atom stereocenters. The molecule has 0 aliphatic carbocycles. The first kappa shape index (κ1) is 15.1. The summed E-state index contributed by atoms with van der Waals surface area (Å²) >= 11 is 0. The zero-order valence-electron chi connectivity index (χ0n) is 13.4. The zero-order valence-corrected chi connectivity index (χ0v) is 13.4. The Bertz CT molecular complexity index is 807. The summed E-state index contributed by atoms with van der Waals surface area (Å²) in [6.07, 6.45) is 0. The standard InChI is InChI=1S/C18H20N2O/c1-9-7-15(16(8-19)18(21)20-9)17-13(5)11(3)10(2)12(4)14(17)6/h7H,1-6H3,(H,20,21). The second-order valence-electron chi connectivity index (χ2n) is 5.68.